The number of nitrogens with one attached hydrogen (secondary N) is 1. The Hall–Kier alpha value is -0.510. The van der Waals surface area contributed by atoms with E-state index in [9.17, 15) is 0 Å². The third-order valence-corrected chi connectivity index (χ3v) is 2.28. The Kier molecular flexibility index (Phi) is 4.97. The number of nitrogens with zero attached hydrogens (tertiary/aromatic N) is 2. The summed E-state index contributed by atoms with van der Waals surface area (Å²) in [5.74, 6) is 0.446. The van der Waals surface area contributed by atoms with Crippen LogP contribution in [-0.4, -0.2) is 29.2 Å². The molecule has 0 unspecified atom stereocenters. The van der Waals surface area contributed by atoms with E-state index in [0.717, 1.165) is 5.71 Å². The molecule has 3 nitrogen and oxygen atoms in total. The second kappa shape index (κ2) is 5.19. The molecule has 0 aromatic rings. The second-order valence-corrected chi connectivity index (χ2v) is 3.72. The van der Waals surface area contributed by atoms with Gasteiger partial charge in [0, 0.05) is 12.8 Å². The molecule has 0 heterocycles. The summed E-state index contributed by atoms with van der Waals surface area (Å²) in [4.78, 5) is 0. The lowest BCUT2D eigenvalue weighted by Crippen LogP contribution is -2.19. The van der Waals surface area contributed by atoms with Crippen molar-refractivity contribution in [1.82, 2.24) is 5.01 Å². The van der Waals surface area contributed by atoms with E-state index in [0.29, 0.717) is 11.1 Å². The van der Waals surface area contributed by atoms with Crippen molar-refractivity contribution in [3.8, 4) is 0 Å². The molecule has 0 rings (SSSR count). The van der Waals surface area contributed by atoms with E-state index >= 15 is 0 Å². The van der Waals surface area contributed by atoms with Crippen molar-refractivity contribution in [3.63, 3.8) is 0 Å². The van der Waals surface area contributed by atoms with E-state index in [1.807, 2.05) is 13.2 Å². The van der Waals surface area contributed by atoms with E-state index < -0.39 is 0 Å². The predicted molar refractivity (Wildman–Crippen MR) is 57.0 cm³/mol. The smallest absolute Gasteiger partial charge is 0.176 e. The average molecular weight is 187 g/mol. The van der Waals surface area contributed by atoms with Gasteiger partial charge in [-0.05, 0) is 19.1 Å². The highest BCUT2D eigenvalue weighted by Gasteiger charge is 2.03. The summed E-state index contributed by atoms with van der Waals surface area (Å²) in [5.41, 5.74) is 1.05. The Morgan fingerprint density at radius 1 is 1.50 bits per heavy atom. The average Bonchev–Trinajstić information content (AvgIpc) is 2.02. The van der Waals surface area contributed by atoms with Gasteiger partial charge in [-0.1, -0.05) is 25.6 Å². The molecule has 0 spiro atoms. The Labute approximate surface area is 78.7 Å². The number of hydrazone groups is 1. The Morgan fingerprint density at radius 3 is 2.33 bits per heavy atom. The van der Waals surface area contributed by atoms with Gasteiger partial charge < -0.3 is 0 Å². The molecule has 12 heavy (non-hydrogen) atoms. The van der Waals surface area contributed by atoms with Gasteiger partial charge in [-0.25, -0.2) is 5.01 Å². The third-order valence-electron chi connectivity index (χ3n) is 1.63. The SMILES string of the molecule is CSC(=N)N(C)/N=C(\C)C(C)C. The Bertz CT molecular complexity index is 187. The molecule has 0 saturated carbocycles. The first-order valence-electron chi connectivity index (χ1n) is 3.90. The fraction of sp³-hybridized carbons (Fsp3) is 0.750. The first-order valence-corrected chi connectivity index (χ1v) is 5.12. The fourth-order valence-electron chi connectivity index (χ4n) is 0.530. The summed E-state index contributed by atoms with van der Waals surface area (Å²) in [6, 6.07) is 0. The van der Waals surface area contributed by atoms with Gasteiger partial charge in [0.2, 0.25) is 0 Å². The summed E-state index contributed by atoms with van der Waals surface area (Å²) in [5, 5.41) is 13.8. The lowest BCUT2D eigenvalue weighted by Gasteiger charge is -2.14. The minimum Gasteiger partial charge on any atom is -0.277 e. The van der Waals surface area contributed by atoms with Crippen LogP contribution in [0, 0.1) is 11.3 Å². The molecule has 0 fully saturated rings. The molecule has 0 aromatic heterocycles. The summed E-state index contributed by atoms with van der Waals surface area (Å²) < 4.78 is 0. The van der Waals surface area contributed by atoms with Crippen LogP contribution in [0.15, 0.2) is 5.10 Å². The molecule has 0 aromatic carbocycles. The maximum Gasteiger partial charge on any atom is 0.176 e. The summed E-state index contributed by atoms with van der Waals surface area (Å²) >= 11 is 1.39. The molecule has 0 amide bonds. The van der Waals surface area contributed by atoms with E-state index in [4.69, 9.17) is 5.41 Å². The number of rotatable bonds is 2. The van der Waals surface area contributed by atoms with E-state index in [1.54, 1.807) is 12.1 Å². The summed E-state index contributed by atoms with van der Waals surface area (Å²) in [7, 11) is 1.80. The fourth-order valence-corrected chi connectivity index (χ4v) is 0.835. The second-order valence-electron chi connectivity index (χ2n) is 2.93. The van der Waals surface area contributed by atoms with Crippen LogP contribution in [-0.2, 0) is 0 Å². The van der Waals surface area contributed by atoms with Crippen LogP contribution >= 0.6 is 11.8 Å². The lowest BCUT2D eigenvalue weighted by molar-refractivity contribution is 0.544. The topological polar surface area (TPSA) is 39.5 Å². The maximum atomic E-state index is 7.46. The minimum atomic E-state index is 0.446. The molecule has 1 N–H and O–H groups in total. The van der Waals surface area contributed by atoms with Crippen LogP contribution in [0.4, 0.5) is 0 Å². The van der Waals surface area contributed by atoms with Gasteiger partial charge in [0.25, 0.3) is 0 Å². The highest BCUT2D eigenvalue weighted by molar-refractivity contribution is 8.13. The van der Waals surface area contributed by atoms with Crippen molar-refractivity contribution in [3.05, 3.63) is 0 Å². The molecule has 0 aliphatic carbocycles. The number of thioether (sulfide) groups is 1. The first kappa shape index (κ1) is 11.5. The van der Waals surface area contributed by atoms with Crippen molar-refractivity contribution in [2.75, 3.05) is 13.3 Å². The van der Waals surface area contributed by atoms with Gasteiger partial charge in [-0.15, -0.1) is 0 Å². The Morgan fingerprint density at radius 2 is 2.00 bits per heavy atom. The van der Waals surface area contributed by atoms with Gasteiger partial charge in [-0.3, -0.25) is 5.41 Å². The van der Waals surface area contributed by atoms with Crippen LogP contribution in [0.1, 0.15) is 20.8 Å². The normalized spacial score (nSPS) is 12.0. The van der Waals surface area contributed by atoms with Gasteiger partial charge in [-0.2, -0.15) is 5.10 Å². The third kappa shape index (κ3) is 3.76. The zero-order chi connectivity index (χ0) is 9.72. The number of amidine groups is 1. The van der Waals surface area contributed by atoms with Gasteiger partial charge in [0.05, 0.1) is 0 Å². The zero-order valence-electron chi connectivity index (χ0n) is 8.38. The van der Waals surface area contributed by atoms with Crippen molar-refractivity contribution in [2.45, 2.75) is 20.8 Å². The summed E-state index contributed by atoms with van der Waals surface area (Å²) in [6.07, 6.45) is 1.87. The van der Waals surface area contributed by atoms with E-state index in [1.165, 1.54) is 11.8 Å². The molecular weight excluding hydrogens is 170 g/mol. The predicted octanol–water partition coefficient (Wildman–Crippen LogP) is 2.25. The van der Waals surface area contributed by atoms with Crippen LogP contribution in [0.25, 0.3) is 0 Å². The van der Waals surface area contributed by atoms with Gasteiger partial charge >= 0.3 is 0 Å². The quantitative estimate of drug-likeness (QED) is 0.409. The molecule has 4 heteroatoms. The highest BCUT2D eigenvalue weighted by Crippen LogP contribution is 2.03. The van der Waals surface area contributed by atoms with Crippen LogP contribution < -0.4 is 0 Å². The minimum absolute atomic E-state index is 0.446. The van der Waals surface area contributed by atoms with Crippen LogP contribution in [0.2, 0.25) is 0 Å². The van der Waals surface area contributed by atoms with Crippen LogP contribution in [0.3, 0.4) is 0 Å². The molecule has 0 saturated heterocycles. The molecule has 0 radical (unpaired) electrons. The van der Waals surface area contributed by atoms with E-state index in [-0.39, 0.29) is 0 Å². The van der Waals surface area contributed by atoms with Gasteiger partial charge in [0.1, 0.15) is 0 Å². The summed E-state index contributed by atoms with van der Waals surface area (Å²) in [6.45, 7) is 6.17. The molecule has 0 bridgehead atoms. The standard InChI is InChI=1S/C8H17N3S/c1-6(2)7(3)10-11(4)8(9)12-5/h6,9H,1-5H3/b9-8?,10-7+. The largest absolute Gasteiger partial charge is 0.277 e. The number of hydrogen-bond acceptors (Lipinski definition) is 3. The monoisotopic (exact) mass is 187 g/mol. The number of hydrogen-bond donors (Lipinski definition) is 1. The molecule has 0 aliphatic heterocycles. The lowest BCUT2D eigenvalue weighted by atomic mass is 10.1. The van der Waals surface area contributed by atoms with Crippen molar-refractivity contribution >= 4 is 22.6 Å². The Balaban J connectivity index is 4.23. The van der Waals surface area contributed by atoms with Crippen molar-refractivity contribution in [2.24, 2.45) is 11.0 Å². The van der Waals surface area contributed by atoms with Crippen molar-refractivity contribution in [1.29, 1.82) is 5.41 Å². The van der Waals surface area contributed by atoms with Gasteiger partial charge in [0.15, 0.2) is 5.17 Å². The maximum absolute atomic E-state index is 7.46. The molecular formula is C8H17N3S. The highest BCUT2D eigenvalue weighted by atomic mass is 32.2. The molecule has 0 aliphatic rings. The molecule has 0 atom stereocenters. The van der Waals surface area contributed by atoms with Crippen molar-refractivity contribution < 1.29 is 0 Å². The zero-order valence-corrected chi connectivity index (χ0v) is 9.20. The van der Waals surface area contributed by atoms with E-state index in [2.05, 4.69) is 18.9 Å². The van der Waals surface area contributed by atoms with Crippen LogP contribution in [0.5, 0.6) is 0 Å². The molecule has 70 valence electrons. The first-order chi connectivity index (χ1) is 5.49.